The summed E-state index contributed by atoms with van der Waals surface area (Å²) in [6, 6.07) is 4.59. The van der Waals surface area contributed by atoms with Crippen LogP contribution in [0.15, 0.2) is 28.4 Å². The Bertz CT molecular complexity index is 931. The van der Waals surface area contributed by atoms with Gasteiger partial charge >= 0.3 is 4.87 Å². The number of nitrogens with one attached hydrogen (secondary N) is 2. The molecule has 1 amide bonds. The highest BCUT2D eigenvalue weighted by Crippen LogP contribution is 2.28. The standard InChI is InChI=1S/C15H19N3O5S2/c1-10-9-24-15(20)18(10)7-6-14(19)16-11-4-5-12(13(8-11)23-2)17-25(3,21)22/h4-5,8-9,17H,6-7H2,1-3H3,(H,16,19). The highest BCUT2D eigenvalue weighted by Gasteiger charge is 2.11. The second-order valence-electron chi connectivity index (χ2n) is 5.38. The summed E-state index contributed by atoms with van der Waals surface area (Å²) >= 11 is 1.10. The van der Waals surface area contributed by atoms with Crippen LogP contribution < -0.4 is 19.6 Å². The van der Waals surface area contributed by atoms with Gasteiger partial charge in [-0.1, -0.05) is 11.3 Å². The van der Waals surface area contributed by atoms with Crippen LogP contribution >= 0.6 is 11.3 Å². The molecule has 136 valence electrons. The van der Waals surface area contributed by atoms with Gasteiger partial charge in [0.1, 0.15) is 5.75 Å². The van der Waals surface area contributed by atoms with Crippen molar-refractivity contribution in [1.82, 2.24) is 4.57 Å². The van der Waals surface area contributed by atoms with Crippen LogP contribution in [0.3, 0.4) is 0 Å². The van der Waals surface area contributed by atoms with E-state index in [0.717, 1.165) is 23.3 Å². The van der Waals surface area contributed by atoms with E-state index < -0.39 is 10.0 Å². The van der Waals surface area contributed by atoms with E-state index in [9.17, 15) is 18.0 Å². The fourth-order valence-corrected chi connectivity index (χ4v) is 3.49. The molecule has 0 aliphatic rings. The van der Waals surface area contributed by atoms with Crippen LogP contribution in [0.5, 0.6) is 5.75 Å². The molecule has 2 aromatic rings. The van der Waals surface area contributed by atoms with Crippen molar-refractivity contribution in [3.05, 3.63) is 38.9 Å². The molecule has 8 nitrogen and oxygen atoms in total. The number of sulfonamides is 1. The van der Waals surface area contributed by atoms with Gasteiger partial charge in [-0.3, -0.25) is 14.3 Å². The predicted octanol–water partition coefficient (Wildman–Crippen LogP) is 1.63. The maximum atomic E-state index is 12.1. The molecule has 0 atom stereocenters. The van der Waals surface area contributed by atoms with Crippen molar-refractivity contribution in [2.24, 2.45) is 0 Å². The van der Waals surface area contributed by atoms with Crippen LogP contribution in [0.1, 0.15) is 12.1 Å². The van der Waals surface area contributed by atoms with Crippen LogP contribution in [0.2, 0.25) is 0 Å². The average Bonchev–Trinajstić information content (AvgIpc) is 2.84. The van der Waals surface area contributed by atoms with E-state index in [1.165, 1.54) is 19.2 Å². The summed E-state index contributed by atoms with van der Waals surface area (Å²) in [6.45, 7) is 2.11. The highest BCUT2D eigenvalue weighted by molar-refractivity contribution is 7.92. The molecule has 2 rings (SSSR count). The predicted molar refractivity (Wildman–Crippen MR) is 98.0 cm³/mol. The van der Waals surface area contributed by atoms with Crippen molar-refractivity contribution in [2.45, 2.75) is 19.9 Å². The second-order valence-corrected chi connectivity index (χ2v) is 7.95. The molecule has 2 N–H and O–H groups in total. The average molecular weight is 385 g/mol. The van der Waals surface area contributed by atoms with Crippen LogP contribution in [0.4, 0.5) is 11.4 Å². The first-order chi connectivity index (χ1) is 11.7. The molecule has 0 unspecified atom stereocenters. The van der Waals surface area contributed by atoms with Gasteiger partial charge in [0.2, 0.25) is 15.9 Å². The minimum Gasteiger partial charge on any atom is -0.494 e. The SMILES string of the molecule is COc1cc(NC(=O)CCn2c(C)csc2=O)ccc1NS(C)(=O)=O. The number of methoxy groups -OCH3 is 1. The van der Waals surface area contributed by atoms with E-state index in [4.69, 9.17) is 4.74 Å². The summed E-state index contributed by atoms with van der Waals surface area (Å²) in [4.78, 5) is 23.6. The summed E-state index contributed by atoms with van der Waals surface area (Å²) < 4.78 is 31.7. The second kappa shape index (κ2) is 7.70. The molecular weight excluding hydrogens is 366 g/mol. The van der Waals surface area contributed by atoms with E-state index in [2.05, 4.69) is 10.0 Å². The summed E-state index contributed by atoms with van der Waals surface area (Å²) in [5, 5.41) is 4.45. The lowest BCUT2D eigenvalue weighted by Crippen LogP contribution is -2.20. The number of amides is 1. The topological polar surface area (TPSA) is 106 Å². The molecule has 10 heteroatoms. The smallest absolute Gasteiger partial charge is 0.307 e. The summed E-state index contributed by atoms with van der Waals surface area (Å²) in [6.07, 6.45) is 1.18. The Kier molecular flexibility index (Phi) is 5.85. The molecule has 0 aliphatic heterocycles. The largest absolute Gasteiger partial charge is 0.494 e. The molecular formula is C15H19N3O5S2. The molecule has 0 aliphatic carbocycles. The third kappa shape index (κ3) is 5.33. The third-order valence-corrected chi connectivity index (χ3v) is 4.79. The fraction of sp³-hybridized carbons (Fsp3) is 0.333. The first kappa shape index (κ1) is 19.0. The van der Waals surface area contributed by atoms with Crippen molar-refractivity contribution < 1.29 is 17.9 Å². The monoisotopic (exact) mass is 385 g/mol. The number of carbonyl (C=O) groups excluding carboxylic acids is 1. The molecule has 0 spiro atoms. The first-order valence-corrected chi connectivity index (χ1v) is 10.1. The number of nitrogens with zero attached hydrogens (tertiary/aromatic N) is 1. The van der Waals surface area contributed by atoms with Crippen LogP contribution in [-0.4, -0.2) is 32.3 Å². The van der Waals surface area contributed by atoms with E-state index in [-0.39, 0.29) is 28.6 Å². The van der Waals surface area contributed by atoms with Gasteiger partial charge in [-0.05, 0) is 19.1 Å². The Morgan fingerprint density at radius 2 is 2.08 bits per heavy atom. The molecule has 0 fully saturated rings. The zero-order chi connectivity index (χ0) is 18.6. The molecule has 0 bridgehead atoms. The summed E-state index contributed by atoms with van der Waals surface area (Å²) in [7, 11) is -2.03. The van der Waals surface area contributed by atoms with Crippen LogP contribution in [0.25, 0.3) is 0 Å². The number of carbonyl (C=O) groups is 1. The van der Waals surface area contributed by atoms with Crippen molar-refractivity contribution >= 4 is 38.6 Å². The number of hydrogen-bond donors (Lipinski definition) is 2. The number of thiazole rings is 1. The highest BCUT2D eigenvalue weighted by atomic mass is 32.2. The lowest BCUT2D eigenvalue weighted by atomic mass is 10.2. The number of anilines is 2. The molecule has 1 aromatic carbocycles. The molecule has 1 aromatic heterocycles. The lowest BCUT2D eigenvalue weighted by Gasteiger charge is -2.12. The Morgan fingerprint density at radius 3 is 2.64 bits per heavy atom. The normalized spacial score (nSPS) is 11.2. The minimum absolute atomic E-state index is 0.0943. The van der Waals surface area contributed by atoms with Crippen LogP contribution in [0, 0.1) is 6.92 Å². The molecule has 0 saturated heterocycles. The Balaban J connectivity index is 2.04. The van der Waals surface area contributed by atoms with Crippen molar-refractivity contribution in [3.8, 4) is 5.75 Å². The van der Waals surface area contributed by atoms with Gasteiger partial charge in [-0.25, -0.2) is 8.42 Å². The zero-order valence-corrected chi connectivity index (χ0v) is 15.7. The van der Waals surface area contributed by atoms with Gasteiger partial charge in [-0.2, -0.15) is 0 Å². The Hall–Kier alpha value is -2.33. The molecule has 0 radical (unpaired) electrons. The van der Waals surface area contributed by atoms with Gasteiger partial charge in [0.25, 0.3) is 0 Å². The van der Waals surface area contributed by atoms with E-state index >= 15 is 0 Å². The minimum atomic E-state index is -3.44. The number of rotatable bonds is 7. The van der Waals surface area contributed by atoms with Crippen LogP contribution in [-0.2, 0) is 21.4 Å². The number of benzene rings is 1. The van der Waals surface area contributed by atoms with Gasteiger partial charge in [-0.15, -0.1) is 0 Å². The Labute approximate surface area is 149 Å². The molecule has 0 saturated carbocycles. The molecule has 1 heterocycles. The van der Waals surface area contributed by atoms with E-state index in [1.807, 2.05) is 6.92 Å². The third-order valence-electron chi connectivity index (χ3n) is 3.32. The summed E-state index contributed by atoms with van der Waals surface area (Å²) in [5.41, 5.74) is 1.57. The zero-order valence-electron chi connectivity index (χ0n) is 14.0. The Morgan fingerprint density at radius 1 is 1.36 bits per heavy atom. The fourth-order valence-electron chi connectivity index (χ4n) is 2.16. The van der Waals surface area contributed by atoms with E-state index in [1.54, 1.807) is 16.0 Å². The van der Waals surface area contributed by atoms with E-state index in [0.29, 0.717) is 12.2 Å². The number of aryl methyl sites for hydroxylation is 1. The van der Waals surface area contributed by atoms with Crippen molar-refractivity contribution in [3.63, 3.8) is 0 Å². The van der Waals surface area contributed by atoms with Gasteiger partial charge in [0.05, 0.1) is 19.1 Å². The number of hydrogen-bond acceptors (Lipinski definition) is 6. The maximum absolute atomic E-state index is 12.1. The molecule has 25 heavy (non-hydrogen) atoms. The number of aromatic nitrogens is 1. The lowest BCUT2D eigenvalue weighted by molar-refractivity contribution is -0.116. The number of ether oxygens (including phenoxy) is 1. The van der Waals surface area contributed by atoms with Gasteiger partial charge in [0.15, 0.2) is 0 Å². The first-order valence-electron chi connectivity index (χ1n) is 7.30. The van der Waals surface area contributed by atoms with Gasteiger partial charge < -0.3 is 14.6 Å². The summed E-state index contributed by atoms with van der Waals surface area (Å²) in [5.74, 6) is 0.0245. The maximum Gasteiger partial charge on any atom is 0.307 e. The van der Waals surface area contributed by atoms with Crippen molar-refractivity contribution in [1.29, 1.82) is 0 Å². The van der Waals surface area contributed by atoms with Crippen molar-refractivity contribution in [2.75, 3.05) is 23.4 Å². The van der Waals surface area contributed by atoms with Gasteiger partial charge in [0, 0.05) is 35.8 Å². The quantitative estimate of drug-likeness (QED) is 0.753.